The number of aromatic amines is 1. The Kier molecular flexibility index (Phi) is 6.73. The van der Waals surface area contributed by atoms with E-state index in [-0.39, 0.29) is 17.1 Å². The lowest BCUT2D eigenvalue weighted by atomic mass is 10.0. The first-order valence-electron chi connectivity index (χ1n) is 12.2. The van der Waals surface area contributed by atoms with Crippen LogP contribution in [0.2, 0.25) is 0 Å². The summed E-state index contributed by atoms with van der Waals surface area (Å²) in [5.74, 6) is -0.645. The third-order valence-electron chi connectivity index (χ3n) is 6.56. The lowest BCUT2D eigenvalue weighted by Gasteiger charge is -2.29. The Bertz CT molecular complexity index is 1710. The fraction of sp³-hybridized carbons (Fsp3) is 0.133. The molecule has 0 aliphatic rings. The average Bonchev–Trinajstić information content (AvgIpc) is 3.32. The number of nitrogens with one attached hydrogen (secondary N) is 1. The van der Waals surface area contributed by atoms with Gasteiger partial charge in [-0.25, -0.2) is 12.7 Å². The molecule has 0 unspecified atom stereocenters. The summed E-state index contributed by atoms with van der Waals surface area (Å²) < 4.78 is 29.3. The fourth-order valence-electron chi connectivity index (χ4n) is 4.57. The number of aryl methyl sites for hydroxylation is 2. The van der Waals surface area contributed by atoms with Crippen LogP contribution in [-0.4, -0.2) is 30.6 Å². The fourth-order valence-corrected chi connectivity index (χ4v) is 6.15. The first-order chi connectivity index (χ1) is 18.2. The second kappa shape index (κ2) is 10.1. The molecule has 0 spiro atoms. The van der Waals surface area contributed by atoms with Gasteiger partial charge in [0, 0.05) is 11.8 Å². The molecule has 1 aromatic heterocycles. The smallest absolute Gasteiger partial charge is 0.266 e. The molecule has 0 saturated heterocycles. The molecule has 0 aliphatic carbocycles. The van der Waals surface area contributed by atoms with E-state index < -0.39 is 22.0 Å². The molecule has 0 bridgehead atoms. The Labute approximate surface area is 222 Å². The number of fused-ring (bicyclic) bond motifs is 1. The van der Waals surface area contributed by atoms with Crippen LogP contribution in [0.15, 0.2) is 102 Å². The SMILES string of the molecule is Cc1ccc(S(=O)(=O)N(c2n[nH]c3cc(-c4cccc(C)c4)ccc23)[C@@H](Cc2ccccc2)C(N)=O)cc1. The van der Waals surface area contributed by atoms with Gasteiger partial charge in [0.1, 0.15) is 6.04 Å². The number of aromatic nitrogens is 2. The van der Waals surface area contributed by atoms with Crippen molar-refractivity contribution in [3.63, 3.8) is 0 Å². The molecule has 5 rings (SSSR count). The van der Waals surface area contributed by atoms with Gasteiger partial charge in [-0.05, 0) is 54.8 Å². The van der Waals surface area contributed by atoms with Gasteiger partial charge in [0.2, 0.25) is 5.91 Å². The minimum absolute atomic E-state index is 0.0509. The summed E-state index contributed by atoms with van der Waals surface area (Å²) in [6.45, 7) is 3.91. The molecule has 38 heavy (non-hydrogen) atoms. The molecule has 0 radical (unpaired) electrons. The maximum atomic E-state index is 14.1. The predicted octanol–water partition coefficient (Wildman–Crippen LogP) is 5.14. The average molecular weight is 525 g/mol. The molecule has 0 aliphatic heterocycles. The van der Waals surface area contributed by atoms with Crippen LogP contribution in [0.25, 0.3) is 22.0 Å². The lowest BCUT2D eigenvalue weighted by molar-refractivity contribution is -0.119. The van der Waals surface area contributed by atoms with Crippen LogP contribution < -0.4 is 10.0 Å². The Morgan fingerprint density at radius 3 is 2.26 bits per heavy atom. The van der Waals surface area contributed by atoms with E-state index in [1.165, 1.54) is 12.1 Å². The number of nitrogens with zero attached hydrogens (tertiary/aromatic N) is 2. The molecular formula is C30H28N4O3S. The number of H-pyrrole nitrogens is 1. The third kappa shape index (κ3) is 4.90. The monoisotopic (exact) mass is 524 g/mol. The van der Waals surface area contributed by atoms with Gasteiger partial charge in [0.05, 0.1) is 10.4 Å². The summed E-state index contributed by atoms with van der Waals surface area (Å²) in [6.07, 6.45) is 0.0942. The van der Waals surface area contributed by atoms with E-state index in [1.807, 2.05) is 80.6 Å². The summed E-state index contributed by atoms with van der Waals surface area (Å²) in [4.78, 5) is 12.9. The first-order valence-corrected chi connectivity index (χ1v) is 13.7. The topological polar surface area (TPSA) is 109 Å². The van der Waals surface area contributed by atoms with Crippen molar-refractivity contribution in [2.45, 2.75) is 31.2 Å². The summed E-state index contributed by atoms with van der Waals surface area (Å²) in [6, 6.07) is 28.3. The van der Waals surface area contributed by atoms with Crippen molar-refractivity contribution in [2.24, 2.45) is 5.73 Å². The summed E-state index contributed by atoms with van der Waals surface area (Å²) in [5.41, 5.74) is 11.3. The van der Waals surface area contributed by atoms with Crippen molar-refractivity contribution < 1.29 is 13.2 Å². The van der Waals surface area contributed by atoms with Gasteiger partial charge in [0.15, 0.2) is 5.82 Å². The summed E-state index contributed by atoms with van der Waals surface area (Å²) in [5, 5.41) is 7.96. The van der Waals surface area contributed by atoms with Crippen molar-refractivity contribution in [1.29, 1.82) is 0 Å². The second-order valence-corrected chi connectivity index (χ2v) is 11.2. The van der Waals surface area contributed by atoms with Crippen LogP contribution in [0.3, 0.4) is 0 Å². The molecule has 1 atom stereocenters. The molecule has 5 aromatic rings. The number of nitrogens with two attached hydrogens (primary N) is 1. The molecule has 3 N–H and O–H groups in total. The van der Waals surface area contributed by atoms with Crippen molar-refractivity contribution in [2.75, 3.05) is 4.31 Å². The Morgan fingerprint density at radius 1 is 0.868 bits per heavy atom. The van der Waals surface area contributed by atoms with E-state index in [9.17, 15) is 13.2 Å². The van der Waals surface area contributed by atoms with Crippen LogP contribution in [-0.2, 0) is 21.2 Å². The van der Waals surface area contributed by atoms with Crippen molar-refractivity contribution in [3.8, 4) is 11.1 Å². The van der Waals surface area contributed by atoms with Crippen LogP contribution in [0.1, 0.15) is 16.7 Å². The Hall–Kier alpha value is -4.43. The number of hydrogen-bond donors (Lipinski definition) is 2. The molecule has 0 fully saturated rings. The van der Waals surface area contributed by atoms with Gasteiger partial charge in [-0.15, -0.1) is 0 Å². The van der Waals surface area contributed by atoms with E-state index in [0.29, 0.717) is 10.9 Å². The zero-order valence-electron chi connectivity index (χ0n) is 21.1. The molecule has 0 saturated carbocycles. The Balaban J connectivity index is 1.67. The molecule has 8 heteroatoms. The van der Waals surface area contributed by atoms with E-state index in [0.717, 1.165) is 32.1 Å². The maximum absolute atomic E-state index is 14.1. The number of primary amides is 1. The van der Waals surface area contributed by atoms with Crippen molar-refractivity contribution in [3.05, 3.63) is 114 Å². The molecule has 1 heterocycles. The van der Waals surface area contributed by atoms with E-state index >= 15 is 0 Å². The number of anilines is 1. The van der Waals surface area contributed by atoms with Gasteiger partial charge in [-0.2, -0.15) is 5.10 Å². The van der Waals surface area contributed by atoms with Gasteiger partial charge in [-0.1, -0.05) is 83.9 Å². The molecular weight excluding hydrogens is 496 g/mol. The van der Waals surface area contributed by atoms with Crippen molar-refractivity contribution in [1.82, 2.24) is 10.2 Å². The second-order valence-electron chi connectivity index (χ2n) is 9.40. The summed E-state index contributed by atoms with van der Waals surface area (Å²) >= 11 is 0. The summed E-state index contributed by atoms with van der Waals surface area (Å²) in [7, 11) is -4.21. The minimum atomic E-state index is -4.21. The van der Waals surface area contributed by atoms with E-state index in [2.05, 4.69) is 16.3 Å². The molecule has 7 nitrogen and oxygen atoms in total. The van der Waals surface area contributed by atoms with Gasteiger partial charge >= 0.3 is 0 Å². The van der Waals surface area contributed by atoms with E-state index in [1.54, 1.807) is 12.1 Å². The highest BCUT2D eigenvalue weighted by atomic mass is 32.2. The van der Waals surface area contributed by atoms with Gasteiger partial charge in [0.25, 0.3) is 10.0 Å². The van der Waals surface area contributed by atoms with Crippen molar-refractivity contribution >= 4 is 32.7 Å². The van der Waals surface area contributed by atoms with Crippen LogP contribution >= 0.6 is 0 Å². The standard InChI is InChI=1S/C30H28N4O3S/c1-20-11-14-25(15-12-20)38(36,37)34(28(29(31)35)18-22-8-4-3-5-9-22)30-26-16-13-24(19-27(26)32-33-30)23-10-6-7-21(2)17-23/h3-17,19,28H,18H2,1-2H3,(H2,31,35)(H,32,33)/t28-/m0/s1. The predicted molar refractivity (Wildman–Crippen MR) is 150 cm³/mol. The highest BCUT2D eigenvalue weighted by Gasteiger charge is 2.38. The number of carbonyl (C=O) groups excluding carboxylic acids is 1. The quantitative estimate of drug-likeness (QED) is 0.293. The molecule has 4 aromatic carbocycles. The van der Waals surface area contributed by atoms with Crippen LogP contribution in [0, 0.1) is 13.8 Å². The van der Waals surface area contributed by atoms with Crippen LogP contribution in [0.5, 0.6) is 0 Å². The lowest BCUT2D eigenvalue weighted by Crippen LogP contribution is -2.49. The molecule has 1 amide bonds. The zero-order chi connectivity index (χ0) is 26.9. The highest BCUT2D eigenvalue weighted by molar-refractivity contribution is 7.93. The largest absolute Gasteiger partial charge is 0.368 e. The normalized spacial score (nSPS) is 12.4. The molecule has 192 valence electrons. The Morgan fingerprint density at radius 2 is 1.58 bits per heavy atom. The number of amides is 1. The maximum Gasteiger partial charge on any atom is 0.266 e. The highest BCUT2D eigenvalue weighted by Crippen LogP contribution is 2.34. The van der Waals surface area contributed by atoms with E-state index in [4.69, 9.17) is 5.73 Å². The number of benzene rings is 4. The van der Waals surface area contributed by atoms with Crippen LogP contribution in [0.4, 0.5) is 5.82 Å². The zero-order valence-corrected chi connectivity index (χ0v) is 21.9. The number of sulfonamides is 1. The van der Waals surface area contributed by atoms with Gasteiger partial charge in [-0.3, -0.25) is 9.89 Å². The minimum Gasteiger partial charge on any atom is -0.368 e. The van der Waals surface area contributed by atoms with Gasteiger partial charge < -0.3 is 5.73 Å². The first kappa shape index (κ1) is 25.2. The third-order valence-corrected chi connectivity index (χ3v) is 8.38. The number of carbonyl (C=O) groups is 1. The number of rotatable bonds is 8. The number of hydrogen-bond acceptors (Lipinski definition) is 4.